The monoisotopic (exact) mass is 246 g/mol. The molecule has 2 aliphatic heterocycles. The predicted molar refractivity (Wildman–Crippen MR) is 74.2 cm³/mol. The lowest BCUT2D eigenvalue weighted by atomic mass is 9.92. The molecule has 98 valence electrons. The third-order valence-electron chi connectivity index (χ3n) is 4.18. The second-order valence-electron chi connectivity index (χ2n) is 5.49. The average Bonchev–Trinajstić information content (AvgIpc) is 2.91. The van der Waals surface area contributed by atoms with Crippen molar-refractivity contribution in [3.05, 3.63) is 23.8 Å². The molecule has 0 aliphatic carbocycles. The lowest BCUT2D eigenvalue weighted by Gasteiger charge is -2.37. The second kappa shape index (κ2) is 4.81. The summed E-state index contributed by atoms with van der Waals surface area (Å²) >= 11 is 0. The zero-order chi connectivity index (χ0) is 12.5. The van der Waals surface area contributed by atoms with Gasteiger partial charge in [0.15, 0.2) is 0 Å². The molecule has 18 heavy (non-hydrogen) atoms. The third kappa shape index (κ3) is 2.07. The number of benzene rings is 1. The van der Waals surface area contributed by atoms with E-state index in [0.29, 0.717) is 12.1 Å². The van der Waals surface area contributed by atoms with E-state index in [1.54, 1.807) is 7.11 Å². The maximum Gasteiger partial charge on any atom is 0.119 e. The van der Waals surface area contributed by atoms with Crippen molar-refractivity contribution < 1.29 is 4.74 Å². The van der Waals surface area contributed by atoms with Gasteiger partial charge in [0.25, 0.3) is 0 Å². The van der Waals surface area contributed by atoms with Crippen LogP contribution in [0.1, 0.15) is 37.8 Å². The predicted octanol–water partition coefficient (Wildman–Crippen LogP) is 3.04. The topological polar surface area (TPSA) is 24.5 Å². The minimum atomic E-state index is 0.552. The Kier molecular flexibility index (Phi) is 3.16. The molecule has 3 heteroatoms. The second-order valence-corrected chi connectivity index (χ2v) is 5.49. The summed E-state index contributed by atoms with van der Waals surface area (Å²) < 4.78 is 5.37. The van der Waals surface area contributed by atoms with Crippen molar-refractivity contribution in [1.82, 2.24) is 4.90 Å². The van der Waals surface area contributed by atoms with Crippen LogP contribution in [0.4, 0.5) is 5.69 Å². The van der Waals surface area contributed by atoms with E-state index in [-0.39, 0.29) is 0 Å². The maximum atomic E-state index is 5.37. The Morgan fingerprint density at radius 2 is 2.06 bits per heavy atom. The first kappa shape index (κ1) is 11.8. The minimum absolute atomic E-state index is 0.552. The number of anilines is 1. The highest BCUT2D eigenvalue weighted by molar-refractivity contribution is 5.58. The van der Waals surface area contributed by atoms with Crippen LogP contribution < -0.4 is 10.1 Å². The SMILES string of the molecule is COc1ccc2c(c1)C(N1CCCC1)CC(C)N2. The molecule has 1 aromatic carbocycles. The van der Waals surface area contributed by atoms with Gasteiger partial charge in [-0.25, -0.2) is 0 Å². The summed E-state index contributed by atoms with van der Waals surface area (Å²) in [5.41, 5.74) is 2.70. The van der Waals surface area contributed by atoms with Crippen LogP contribution in [0.5, 0.6) is 5.75 Å². The van der Waals surface area contributed by atoms with Gasteiger partial charge in [-0.2, -0.15) is 0 Å². The first-order valence-electron chi connectivity index (χ1n) is 6.96. The summed E-state index contributed by atoms with van der Waals surface area (Å²) in [7, 11) is 1.74. The lowest BCUT2D eigenvalue weighted by Crippen LogP contribution is -2.34. The van der Waals surface area contributed by atoms with E-state index in [2.05, 4.69) is 29.3 Å². The molecular weight excluding hydrogens is 224 g/mol. The summed E-state index contributed by atoms with van der Waals surface area (Å²) in [5.74, 6) is 0.967. The van der Waals surface area contributed by atoms with Crippen molar-refractivity contribution in [2.24, 2.45) is 0 Å². The van der Waals surface area contributed by atoms with Crippen molar-refractivity contribution in [2.45, 2.75) is 38.3 Å². The molecule has 3 rings (SSSR count). The molecule has 0 aromatic heterocycles. The lowest BCUT2D eigenvalue weighted by molar-refractivity contribution is 0.222. The fraction of sp³-hybridized carbons (Fsp3) is 0.600. The van der Waals surface area contributed by atoms with Gasteiger partial charge in [-0.15, -0.1) is 0 Å². The van der Waals surface area contributed by atoms with Gasteiger partial charge < -0.3 is 10.1 Å². The molecule has 1 N–H and O–H groups in total. The molecule has 3 nitrogen and oxygen atoms in total. The first-order valence-corrected chi connectivity index (χ1v) is 6.96. The van der Waals surface area contributed by atoms with Crippen molar-refractivity contribution in [1.29, 1.82) is 0 Å². The van der Waals surface area contributed by atoms with Crippen LogP contribution in [-0.4, -0.2) is 31.1 Å². The van der Waals surface area contributed by atoms with Crippen LogP contribution in [0.25, 0.3) is 0 Å². The Hall–Kier alpha value is -1.22. The number of nitrogens with one attached hydrogen (secondary N) is 1. The highest BCUT2D eigenvalue weighted by atomic mass is 16.5. The van der Waals surface area contributed by atoms with E-state index in [1.807, 2.05) is 6.07 Å². The van der Waals surface area contributed by atoms with E-state index in [1.165, 1.54) is 43.6 Å². The van der Waals surface area contributed by atoms with Gasteiger partial charge in [0, 0.05) is 17.8 Å². The molecule has 0 spiro atoms. The van der Waals surface area contributed by atoms with Gasteiger partial charge in [0.2, 0.25) is 0 Å². The number of hydrogen-bond acceptors (Lipinski definition) is 3. The fourth-order valence-corrected chi connectivity index (χ4v) is 3.26. The van der Waals surface area contributed by atoms with Crippen molar-refractivity contribution in [3.8, 4) is 5.75 Å². The average molecular weight is 246 g/mol. The third-order valence-corrected chi connectivity index (χ3v) is 4.18. The van der Waals surface area contributed by atoms with Crippen molar-refractivity contribution in [2.75, 3.05) is 25.5 Å². The Balaban J connectivity index is 1.95. The zero-order valence-corrected chi connectivity index (χ0v) is 11.3. The molecule has 0 saturated carbocycles. The molecule has 1 fully saturated rings. The molecule has 2 unspecified atom stereocenters. The van der Waals surface area contributed by atoms with Gasteiger partial charge in [0.1, 0.15) is 5.75 Å². The number of likely N-dealkylation sites (tertiary alicyclic amines) is 1. The molecule has 2 aliphatic rings. The molecular formula is C15H22N2O. The van der Waals surface area contributed by atoms with Crippen LogP contribution in [0.2, 0.25) is 0 Å². The summed E-state index contributed by atoms with van der Waals surface area (Å²) in [5, 5.41) is 3.58. The summed E-state index contributed by atoms with van der Waals surface area (Å²) in [4.78, 5) is 2.63. The number of hydrogen-bond donors (Lipinski definition) is 1. The molecule has 1 saturated heterocycles. The van der Waals surface area contributed by atoms with Gasteiger partial charge >= 0.3 is 0 Å². The van der Waals surface area contributed by atoms with E-state index in [9.17, 15) is 0 Å². The van der Waals surface area contributed by atoms with E-state index >= 15 is 0 Å². The zero-order valence-electron chi connectivity index (χ0n) is 11.3. The molecule has 0 amide bonds. The summed E-state index contributed by atoms with van der Waals surface area (Å²) in [6.45, 7) is 4.76. The molecule has 1 aromatic rings. The number of ether oxygens (including phenoxy) is 1. The highest BCUT2D eigenvalue weighted by Gasteiger charge is 2.30. The van der Waals surface area contributed by atoms with E-state index in [4.69, 9.17) is 4.74 Å². The Bertz CT molecular complexity index is 427. The van der Waals surface area contributed by atoms with Crippen LogP contribution in [0.3, 0.4) is 0 Å². The van der Waals surface area contributed by atoms with Gasteiger partial charge in [-0.3, -0.25) is 4.90 Å². The normalized spacial score (nSPS) is 27.7. The summed E-state index contributed by atoms with van der Waals surface area (Å²) in [6, 6.07) is 7.53. The van der Waals surface area contributed by atoms with Gasteiger partial charge in [0.05, 0.1) is 7.11 Å². The summed E-state index contributed by atoms with van der Waals surface area (Å²) in [6.07, 6.45) is 3.88. The van der Waals surface area contributed by atoms with Crippen LogP contribution in [-0.2, 0) is 0 Å². The minimum Gasteiger partial charge on any atom is -0.497 e. The van der Waals surface area contributed by atoms with Crippen LogP contribution in [0, 0.1) is 0 Å². The standard InChI is InChI=1S/C15H22N2O/c1-11-9-15(17-7-3-4-8-17)13-10-12(18-2)5-6-14(13)16-11/h5-6,10-11,15-16H,3-4,7-9H2,1-2H3. The van der Waals surface area contributed by atoms with Crippen molar-refractivity contribution >= 4 is 5.69 Å². The van der Waals surface area contributed by atoms with E-state index < -0.39 is 0 Å². The smallest absolute Gasteiger partial charge is 0.119 e. The quantitative estimate of drug-likeness (QED) is 0.868. The maximum absolute atomic E-state index is 5.37. The van der Waals surface area contributed by atoms with Gasteiger partial charge in [-0.05, 0) is 63.0 Å². The molecule has 2 heterocycles. The fourth-order valence-electron chi connectivity index (χ4n) is 3.26. The Labute approximate surface area is 109 Å². The number of methoxy groups -OCH3 is 1. The molecule has 0 radical (unpaired) electrons. The highest BCUT2D eigenvalue weighted by Crippen LogP contribution is 2.39. The van der Waals surface area contributed by atoms with E-state index in [0.717, 1.165) is 5.75 Å². The molecule has 0 bridgehead atoms. The van der Waals surface area contributed by atoms with Crippen molar-refractivity contribution in [3.63, 3.8) is 0 Å². The largest absolute Gasteiger partial charge is 0.497 e. The molecule has 2 atom stereocenters. The number of rotatable bonds is 2. The number of fused-ring (bicyclic) bond motifs is 1. The number of nitrogens with zero attached hydrogens (tertiary/aromatic N) is 1. The Morgan fingerprint density at radius 1 is 1.28 bits per heavy atom. The van der Waals surface area contributed by atoms with Crippen LogP contribution in [0.15, 0.2) is 18.2 Å². The Morgan fingerprint density at radius 3 is 2.78 bits per heavy atom. The first-order chi connectivity index (χ1) is 8.78. The van der Waals surface area contributed by atoms with Gasteiger partial charge in [-0.1, -0.05) is 0 Å². The van der Waals surface area contributed by atoms with Crippen LogP contribution >= 0.6 is 0 Å².